The summed E-state index contributed by atoms with van der Waals surface area (Å²) in [5.74, 6) is 1.16. The smallest absolute Gasteiger partial charge is 0.262 e. The van der Waals surface area contributed by atoms with Crippen LogP contribution in [0.4, 0.5) is 0 Å². The fourth-order valence-electron chi connectivity index (χ4n) is 3.74. The highest BCUT2D eigenvalue weighted by Crippen LogP contribution is 2.27. The Labute approximate surface area is 161 Å². The average Bonchev–Trinajstić information content (AvgIpc) is 3.09. The van der Waals surface area contributed by atoms with Gasteiger partial charge in [-0.1, -0.05) is 30.8 Å². The highest BCUT2D eigenvalue weighted by atomic mass is 32.2. The lowest BCUT2D eigenvalue weighted by atomic mass is 10.0. The van der Waals surface area contributed by atoms with Crippen molar-refractivity contribution in [2.75, 3.05) is 13.1 Å². The maximum absolute atomic E-state index is 12.9. The third kappa shape index (κ3) is 3.12. The van der Waals surface area contributed by atoms with E-state index >= 15 is 0 Å². The lowest BCUT2D eigenvalue weighted by Crippen LogP contribution is -2.42. The van der Waals surface area contributed by atoms with Crippen molar-refractivity contribution in [1.82, 2.24) is 24.1 Å². The minimum absolute atomic E-state index is 0.103. The molecule has 27 heavy (non-hydrogen) atoms. The summed E-state index contributed by atoms with van der Waals surface area (Å²) in [5.41, 5.74) is 0.655. The Hall–Kier alpha value is -2.35. The van der Waals surface area contributed by atoms with E-state index in [0.29, 0.717) is 22.2 Å². The van der Waals surface area contributed by atoms with Gasteiger partial charge >= 0.3 is 0 Å². The van der Waals surface area contributed by atoms with Crippen molar-refractivity contribution in [2.24, 2.45) is 13.0 Å². The first-order valence-electron chi connectivity index (χ1n) is 9.25. The highest BCUT2D eigenvalue weighted by Gasteiger charge is 2.27. The van der Waals surface area contributed by atoms with Gasteiger partial charge in [-0.2, -0.15) is 0 Å². The van der Waals surface area contributed by atoms with Crippen molar-refractivity contribution >= 4 is 34.3 Å². The van der Waals surface area contributed by atoms with E-state index in [4.69, 9.17) is 0 Å². The quantitative estimate of drug-likeness (QED) is 0.647. The molecule has 3 aromatic rings. The summed E-state index contributed by atoms with van der Waals surface area (Å²) in [6, 6.07) is 7.42. The SMILES string of the molecule is C[C@H]1CCCN(C(=O)[C@H](C)Sc2nnc3n(C)c(=O)c4ccccc4n23)C1. The van der Waals surface area contributed by atoms with Crippen molar-refractivity contribution in [3.8, 4) is 0 Å². The molecule has 0 saturated carbocycles. The molecule has 0 bridgehead atoms. The summed E-state index contributed by atoms with van der Waals surface area (Å²) in [6.07, 6.45) is 2.24. The van der Waals surface area contributed by atoms with Crippen LogP contribution in [0.25, 0.3) is 16.7 Å². The van der Waals surface area contributed by atoms with Crippen LogP contribution in [0.2, 0.25) is 0 Å². The van der Waals surface area contributed by atoms with Crippen LogP contribution in [0.3, 0.4) is 0 Å². The molecule has 1 amide bonds. The lowest BCUT2D eigenvalue weighted by molar-refractivity contribution is -0.131. The number of amides is 1. The summed E-state index contributed by atoms with van der Waals surface area (Å²) in [7, 11) is 1.69. The molecule has 0 aliphatic carbocycles. The van der Waals surface area contributed by atoms with Crippen LogP contribution in [0.15, 0.2) is 34.2 Å². The summed E-state index contributed by atoms with van der Waals surface area (Å²) in [6.45, 7) is 5.75. The number of hydrogen-bond donors (Lipinski definition) is 0. The number of aryl methyl sites for hydroxylation is 1. The molecule has 1 saturated heterocycles. The zero-order chi connectivity index (χ0) is 19.1. The monoisotopic (exact) mass is 385 g/mol. The van der Waals surface area contributed by atoms with Crippen LogP contribution in [0.1, 0.15) is 26.7 Å². The highest BCUT2D eigenvalue weighted by molar-refractivity contribution is 8.00. The molecule has 0 radical (unpaired) electrons. The second kappa shape index (κ2) is 6.99. The third-order valence-electron chi connectivity index (χ3n) is 5.19. The molecule has 7 nitrogen and oxygen atoms in total. The van der Waals surface area contributed by atoms with E-state index in [-0.39, 0.29) is 16.7 Å². The molecule has 2 atom stereocenters. The number of rotatable bonds is 3. The Balaban J connectivity index is 1.70. The van der Waals surface area contributed by atoms with E-state index in [1.165, 1.54) is 22.7 Å². The molecule has 1 aliphatic rings. The minimum Gasteiger partial charge on any atom is -0.341 e. The average molecular weight is 385 g/mol. The van der Waals surface area contributed by atoms with Crippen LogP contribution >= 0.6 is 11.8 Å². The largest absolute Gasteiger partial charge is 0.341 e. The van der Waals surface area contributed by atoms with E-state index in [1.807, 2.05) is 34.4 Å². The summed E-state index contributed by atoms with van der Waals surface area (Å²) < 4.78 is 3.36. The van der Waals surface area contributed by atoms with E-state index < -0.39 is 0 Å². The number of fused-ring (bicyclic) bond motifs is 3. The van der Waals surface area contributed by atoms with Gasteiger partial charge in [0.05, 0.1) is 16.2 Å². The molecule has 2 aromatic heterocycles. The molecule has 142 valence electrons. The number of aromatic nitrogens is 4. The number of benzene rings is 1. The van der Waals surface area contributed by atoms with E-state index in [2.05, 4.69) is 17.1 Å². The van der Waals surface area contributed by atoms with Crippen molar-refractivity contribution in [2.45, 2.75) is 37.1 Å². The summed E-state index contributed by atoms with van der Waals surface area (Å²) in [5, 5.41) is 9.44. The van der Waals surface area contributed by atoms with Gasteiger partial charge < -0.3 is 4.90 Å². The fourth-order valence-corrected chi connectivity index (χ4v) is 4.68. The molecule has 0 spiro atoms. The first-order valence-corrected chi connectivity index (χ1v) is 10.1. The maximum atomic E-state index is 12.9. The lowest BCUT2D eigenvalue weighted by Gasteiger charge is -2.32. The second-order valence-corrected chi connectivity index (χ2v) is 8.60. The van der Waals surface area contributed by atoms with E-state index in [9.17, 15) is 9.59 Å². The van der Waals surface area contributed by atoms with Gasteiger partial charge in [0.15, 0.2) is 5.16 Å². The zero-order valence-corrected chi connectivity index (χ0v) is 16.6. The topological polar surface area (TPSA) is 72.5 Å². The van der Waals surface area contributed by atoms with E-state index in [0.717, 1.165) is 25.0 Å². The first kappa shape index (κ1) is 18.0. The molecule has 0 N–H and O–H groups in total. The molecular weight excluding hydrogens is 362 g/mol. The summed E-state index contributed by atoms with van der Waals surface area (Å²) >= 11 is 1.39. The number of carbonyl (C=O) groups is 1. The Morgan fingerprint density at radius 1 is 1.30 bits per heavy atom. The van der Waals surface area contributed by atoms with Crippen molar-refractivity contribution in [3.63, 3.8) is 0 Å². The predicted octanol–water partition coefficient (Wildman–Crippen LogP) is 2.32. The molecule has 8 heteroatoms. The molecule has 1 fully saturated rings. The molecule has 1 aromatic carbocycles. The van der Waals surface area contributed by atoms with Gasteiger partial charge in [0.2, 0.25) is 11.7 Å². The van der Waals surface area contributed by atoms with Crippen molar-refractivity contribution < 1.29 is 4.79 Å². The number of piperidine rings is 1. The van der Waals surface area contributed by atoms with Gasteiger partial charge in [-0.3, -0.25) is 18.6 Å². The summed E-state index contributed by atoms with van der Waals surface area (Å²) in [4.78, 5) is 27.4. The van der Waals surface area contributed by atoms with Crippen LogP contribution in [0, 0.1) is 5.92 Å². The molecular formula is C19H23N5O2S. The minimum atomic E-state index is -0.265. The molecule has 4 rings (SSSR count). The van der Waals surface area contributed by atoms with Crippen molar-refractivity contribution in [1.29, 1.82) is 0 Å². The number of hydrogen-bond acceptors (Lipinski definition) is 5. The van der Waals surface area contributed by atoms with Crippen LogP contribution < -0.4 is 5.56 Å². The van der Waals surface area contributed by atoms with Gasteiger partial charge in [0, 0.05) is 20.1 Å². The van der Waals surface area contributed by atoms with Gasteiger partial charge in [-0.05, 0) is 37.8 Å². The van der Waals surface area contributed by atoms with Crippen LogP contribution in [-0.4, -0.2) is 48.3 Å². The fraction of sp³-hybridized carbons (Fsp3) is 0.474. The second-order valence-electron chi connectivity index (χ2n) is 7.29. The van der Waals surface area contributed by atoms with Gasteiger partial charge in [-0.15, -0.1) is 10.2 Å². The number of carbonyl (C=O) groups excluding carboxylic acids is 1. The normalized spacial score (nSPS) is 18.9. The number of likely N-dealkylation sites (tertiary alicyclic amines) is 1. The third-order valence-corrected chi connectivity index (χ3v) is 6.23. The standard InChI is InChI=1S/C19H23N5O2S/c1-12-7-6-10-23(11-12)16(25)13(2)27-19-21-20-18-22(3)17(26)14-8-4-5-9-15(14)24(18)19/h4-5,8-9,12-13H,6-7,10-11H2,1-3H3/t12-,13-/m0/s1. The van der Waals surface area contributed by atoms with Gasteiger partial charge in [0.1, 0.15) is 0 Å². The van der Waals surface area contributed by atoms with E-state index in [1.54, 1.807) is 13.1 Å². The number of para-hydroxylation sites is 1. The molecule has 1 aliphatic heterocycles. The Morgan fingerprint density at radius 2 is 2.07 bits per heavy atom. The Bertz CT molecular complexity index is 1070. The van der Waals surface area contributed by atoms with Gasteiger partial charge in [-0.25, -0.2) is 0 Å². The maximum Gasteiger partial charge on any atom is 0.262 e. The first-order chi connectivity index (χ1) is 13.0. The van der Waals surface area contributed by atoms with Crippen LogP contribution in [0.5, 0.6) is 0 Å². The zero-order valence-electron chi connectivity index (χ0n) is 15.8. The van der Waals surface area contributed by atoms with Crippen LogP contribution in [-0.2, 0) is 11.8 Å². The predicted molar refractivity (Wildman–Crippen MR) is 106 cm³/mol. The van der Waals surface area contributed by atoms with Crippen molar-refractivity contribution in [3.05, 3.63) is 34.6 Å². The number of thioether (sulfide) groups is 1. The molecule has 0 unspecified atom stereocenters. The molecule has 3 heterocycles. The van der Waals surface area contributed by atoms with Gasteiger partial charge in [0.25, 0.3) is 5.56 Å². The Kier molecular flexibility index (Phi) is 4.67. The number of nitrogens with zero attached hydrogens (tertiary/aromatic N) is 5. The Morgan fingerprint density at radius 3 is 2.85 bits per heavy atom.